The number of para-hydroxylation sites is 1. The van der Waals surface area contributed by atoms with Crippen molar-refractivity contribution in [3.8, 4) is 23.1 Å². The van der Waals surface area contributed by atoms with Crippen LogP contribution in [0.3, 0.4) is 0 Å². The molecule has 0 spiro atoms. The zero-order valence-corrected chi connectivity index (χ0v) is 22.7. The second-order valence-corrected chi connectivity index (χ2v) is 8.99. The van der Waals surface area contributed by atoms with Gasteiger partial charge in [-0.3, -0.25) is 15.1 Å². The van der Waals surface area contributed by atoms with E-state index in [9.17, 15) is 10.1 Å². The van der Waals surface area contributed by atoms with Gasteiger partial charge in [0.05, 0.1) is 52.8 Å². The average Bonchev–Trinajstić information content (AvgIpc) is 3.00. The van der Waals surface area contributed by atoms with E-state index in [1.807, 2.05) is 43.3 Å². The number of hydrogen-bond donors (Lipinski definition) is 3. The molecule has 0 aliphatic carbocycles. The number of amides is 1. The molecule has 4 aromatic rings. The minimum absolute atomic E-state index is 0.0179. The monoisotopic (exact) mass is 550 g/mol. The third-order valence-electron chi connectivity index (χ3n) is 5.92. The molecule has 11 nitrogen and oxygen atoms in total. The standard InChI is InChI=1S/C30H30N8O3/c1-20(40-2)26-13-7-10-23(34-26)17-38(33)18-25(32)28-15-27(22-9-6-8-21(14-22)16-31)35-30(36-28)37-29(39)19-41-24-11-4-3-5-12-24/h3-15,18,20H,17,19,32-33H2,1-2H3,(H,35,36,37,39)/b25-18-. The SMILES string of the molecule is COC(C)c1cccc(CN(N)/C=C(\N)c2cc(-c3cccc(C#N)c3)nc(NC(=O)COc3ccccc3)n2)n1. The number of benzene rings is 2. The van der Waals surface area contributed by atoms with E-state index in [1.54, 1.807) is 49.6 Å². The first-order valence-corrected chi connectivity index (χ1v) is 12.7. The van der Waals surface area contributed by atoms with Crippen molar-refractivity contribution in [2.45, 2.75) is 19.6 Å². The zero-order valence-electron chi connectivity index (χ0n) is 22.7. The van der Waals surface area contributed by atoms with Crippen LogP contribution in [0, 0.1) is 11.3 Å². The van der Waals surface area contributed by atoms with Crippen LogP contribution in [0.5, 0.6) is 5.75 Å². The van der Waals surface area contributed by atoms with Crippen molar-refractivity contribution < 1.29 is 14.3 Å². The number of nitrogens with one attached hydrogen (secondary N) is 1. The lowest BCUT2D eigenvalue weighted by atomic mass is 10.1. The highest BCUT2D eigenvalue weighted by atomic mass is 16.5. The fourth-order valence-corrected chi connectivity index (χ4v) is 3.78. The van der Waals surface area contributed by atoms with Gasteiger partial charge in [0.25, 0.3) is 5.91 Å². The molecule has 11 heteroatoms. The van der Waals surface area contributed by atoms with Gasteiger partial charge in [-0.2, -0.15) is 5.26 Å². The Bertz CT molecular complexity index is 1570. The first-order valence-electron chi connectivity index (χ1n) is 12.7. The number of nitrogens with two attached hydrogens (primary N) is 2. The fourth-order valence-electron chi connectivity index (χ4n) is 3.78. The minimum atomic E-state index is -0.457. The number of carbonyl (C=O) groups excluding carboxylic acids is 1. The van der Waals surface area contributed by atoms with Crippen LogP contribution in [0.25, 0.3) is 17.0 Å². The smallest absolute Gasteiger partial charge is 0.264 e. The summed E-state index contributed by atoms with van der Waals surface area (Å²) >= 11 is 0. The van der Waals surface area contributed by atoms with Gasteiger partial charge in [0.15, 0.2) is 6.61 Å². The molecular formula is C30H30N8O3. The summed E-state index contributed by atoms with van der Waals surface area (Å²) in [5.41, 5.74) is 10.0. The first-order chi connectivity index (χ1) is 19.8. The predicted molar refractivity (Wildman–Crippen MR) is 154 cm³/mol. The fraction of sp³-hybridized carbons (Fsp3) is 0.167. The number of carbonyl (C=O) groups is 1. The highest BCUT2D eigenvalue weighted by Gasteiger charge is 2.14. The Labute approximate surface area is 238 Å². The number of nitriles is 1. The van der Waals surface area contributed by atoms with Gasteiger partial charge in [-0.05, 0) is 49.4 Å². The lowest BCUT2D eigenvalue weighted by Gasteiger charge is -2.16. The van der Waals surface area contributed by atoms with E-state index in [-0.39, 0.29) is 30.9 Å². The Morgan fingerprint density at radius 2 is 1.85 bits per heavy atom. The lowest BCUT2D eigenvalue weighted by Crippen LogP contribution is -2.26. The van der Waals surface area contributed by atoms with Crippen LogP contribution in [0.2, 0.25) is 0 Å². The maximum atomic E-state index is 12.6. The van der Waals surface area contributed by atoms with Crippen molar-refractivity contribution in [3.63, 3.8) is 0 Å². The molecule has 0 radical (unpaired) electrons. The van der Waals surface area contributed by atoms with Crippen molar-refractivity contribution in [2.24, 2.45) is 11.6 Å². The third-order valence-corrected chi connectivity index (χ3v) is 5.92. The predicted octanol–water partition coefficient (Wildman–Crippen LogP) is 3.77. The second kappa shape index (κ2) is 13.7. The number of methoxy groups -OCH3 is 1. The summed E-state index contributed by atoms with van der Waals surface area (Å²) < 4.78 is 10.9. The Morgan fingerprint density at radius 3 is 2.61 bits per heavy atom. The first kappa shape index (κ1) is 28.7. The number of hydrogen-bond acceptors (Lipinski definition) is 10. The zero-order chi connectivity index (χ0) is 29.2. The van der Waals surface area contributed by atoms with Gasteiger partial charge in [-0.25, -0.2) is 15.8 Å². The number of nitrogens with zero attached hydrogens (tertiary/aromatic N) is 5. The molecule has 208 valence electrons. The second-order valence-electron chi connectivity index (χ2n) is 8.99. The molecule has 0 saturated heterocycles. The minimum Gasteiger partial charge on any atom is -0.484 e. The van der Waals surface area contributed by atoms with Crippen molar-refractivity contribution in [1.29, 1.82) is 5.26 Å². The van der Waals surface area contributed by atoms with E-state index in [0.29, 0.717) is 28.3 Å². The summed E-state index contributed by atoms with van der Waals surface area (Å²) in [4.78, 5) is 26.1. The van der Waals surface area contributed by atoms with Gasteiger partial charge in [0.2, 0.25) is 5.95 Å². The summed E-state index contributed by atoms with van der Waals surface area (Å²) in [6.45, 7) is 1.94. The number of rotatable bonds is 11. The van der Waals surface area contributed by atoms with Crippen LogP contribution in [0.15, 0.2) is 85.1 Å². The van der Waals surface area contributed by atoms with Crippen molar-refractivity contribution in [1.82, 2.24) is 20.0 Å². The molecular weight excluding hydrogens is 520 g/mol. The number of ether oxygens (including phenoxy) is 2. The van der Waals surface area contributed by atoms with Crippen molar-refractivity contribution in [2.75, 3.05) is 19.0 Å². The maximum Gasteiger partial charge on any atom is 0.264 e. The quantitative estimate of drug-likeness (QED) is 0.185. The van der Waals surface area contributed by atoms with E-state index in [4.69, 9.17) is 21.1 Å². The summed E-state index contributed by atoms with van der Waals surface area (Å²) in [6, 6.07) is 25.3. The molecule has 0 aliphatic heterocycles. The average molecular weight is 551 g/mol. The van der Waals surface area contributed by atoms with E-state index < -0.39 is 5.91 Å². The van der Waals surface area contributed by atoms with E-state index in [0.717, 1.165) is 11.4 Å². The van der Waals surface area contributed by atoms with Crippen LogP contribution in [0.1, 0.15) is 35.7 Å². The van der Waals surface area contributed by atoms with E-state index in [2.05, 4.69) is 26.3 Å². The van der Waals surface area contributed by atoms with Crippen LogP contribution in [0.4, 0.5) is 5.95 Å². The van der Waals surface area contributed by atoms with Crippen LogP contribution < -0.4 is 21.6 Å². The van der Waals surface area contributed by atoms with Gasteiger partial charge in [-0.15, -0.1) is 0 Å². The highest BCUT2D eigenvalue weighted by molar-refractivity contribution is 5.90. The largest absolute Gasteiger partial charge is 0.484 e. The Morgan fingerprint density at radius 1 is 1.07 bits per heavy atom. The lowest BCUT2D eigenvalue weighted by molar-refractivity contribution is -0.118. The number of hydrazine groups is 1. The Kier molecular flexibility index (Phi) is 9.56. The molecule has 0 aliphatic rings. The summed E-state index contributed by atoms with van der Waals surface area (Å²) in [5.74, 6) is 6.36. The molecule has 2 aromatic heterocycles. The molecule has 4 rings (SSSR count). The number of aromatic nitrogens is 3. The van der Waals surface area contributed by atoms with Gasteiger partial charge in [0.1, 0.15) is 5.75 Å². The highest BCUT2D eigenvalue weighted by Crippen LogP contribution is 2.23. The summed E-state index contributed by atoms with van der Waals surface area (Å²) in [6.07, 6.45) is 1.36. The molecule has 0 bridgehead atoms. The molecule has 0 saturated carbocycles. The van der Waals surface area contributed by atoms with Crippen molar-refractivity contribution >= 4 is 17.6 Å². The van der Waals surface area contributed by atoms with Crippen molar-refractivity contribution in [3.05, 3.63) is 108 Å². The molecule has 2 heterocycles. The molecule has 1 amide bonds. The van der Waals surface area contributed by atoms with Gasteiger partial charge >= 0.3 is 0 Å². The number of anilines is 1. The Balaban J connectivity index is 1.58. The molecule has 1 atom stereocenters. The van der Waals surface area contributed by atoms with E-state index in [1.165, 1.54) is 11.2 Å². The number of pyridine rings is 1. The van der Waals surface area contributed by atoms with E-state index >= 15 is 0 Å². The molecule has 2 aromatic carbocycles. The third kappa shape index (κ3) is 8.09. The molecule has 1 unspecified atom stereocenters. The van der Waals surface area contributed by atoms with Crippen LogP contribution in [-0.2, 0) is 16.1 Å². The van der Waals surface area contributed by atoms with Gasteiger partial charge in [0, 0.05) is 18.9 Å². The maximum absolute atomic E-state index is 12.6. The topological polar surface area (TPSA) is 165 Å². The summed E-state index contributed by atoms with van der Waals surface area (Å²) in [7, 11) is 1.62. The molecule has 0 fully saturated rings. The van der Waals surface area contributed by atoms with Gasteiger partial charge < -0.3 is 20.2 Å². The molecule has 41 heavy (non-hydrogen) atoms. The summed E-state index contributed by atoms with van der Waals surface area (Å²) in [5, 5.41) is 13.4. The molecule has 5 N–H and O–H groups in total. The normalized spacial score (nSPS) is 11.8. The van der Waals surface area contributed by atoms with Crippen LogP contribution >= 0.6 is 0 Å². The Hall–Kier alpha value is -5.31. The van der Waals surface area contributed by atoms with Gasteiger partial charge in [-0.1, -0.05) is 36.4 Å². The van der Waals surface area contributed by atoms with Crippen LogP contribution in [-0.4, -0.2) is 39.6 Å².